The molecule has 0 spiro atoms. The largest absolute Gasteiger partial charge is 0.497 e. The van der Waals surface area contributed by atoms with Gasteiger partial charge in [0, 0.05) is 30.1 Å². The minimum absolute atomic E-state index is 0.0266. The van der Waals surface area contributed by atoms with Crippen LogP contribution in [0.25, 0.3) is 0 Å². The van der Waals surface area contributed by atoms with E-state index in [2.05, 4.69) is 10.6 Å². The van der Waals surface area contributed by atoms with Gasteiger partial charge in [-0.25, -0.2) is 0 Å². The van der Waals surface area contributed by atoms with Crippen LogP contribution in [0.4, 0.5) is 5.69 Å². The first-order chi connectivity index (χ1) is 10.7. The third-order valence-corrected chi connectivity index (χ3v) is 3.75. The van der Waals surface area contributed by atoms with Crippen LogP contribution in [-0.4, -0.2) is 31.5 Å². The minimum Gasteiger partial charge on any atom is -0.497 e. The minimum atomic E-state index is -0.665. The molecule has 0 saturated heterocycles. The highest BCUT2D eigenvalue weighted by atomic mass is 16.5. The Morgan fingerprint density at radius 3 is 2.39 bits per heavy atom. The standard InChI is InChI=1S/C17H27N3O3/c1-12(11-19-13-5-7-14(23-4)8-6-13)20-15(21)9-10-17(2,3)16(18)22/h5-8,12,19H,9-11H2,1-4H3,(H2,18,22)(H,20,21)/t12-/m0/s1. The molecule has 6 nitrogen and oxygen atoms in total. The zero-order valence-electron chi connectivity index (χ0n) is 14.3. The molecule has 6 heteroatoms. The summed E-state index contributed by atoms with van der Waals surface area (Å²) in [6.07, 6.45) is 0.718. The van der Waals surface area contributed by atoms with Crippen molar-refractivity contribution < 1.29 is 14.3 Å². The van der Waals surface area contributed by atoms with Gasteiger partial charge >= 0.3 is 0 Å². The first-order valence-corrected chi connectivity index (χ1v) is 7.72. The zero-order valence-corrected chi connectivity index (χ0v) is 14.3. The van der Waals surface area contributed by atoms with E-state index in [1.54, 1.807) is 21.0 Å². The molecule has 4 N–H and O–H groups in total. The van der Waals surface area contributed by atoms with Crippen molar-refractivity contribution in [3.05, 3.63) is 24.3 Å². The van der Waals surface area contributed by atoms with Crippen molar-refractivity contribution >= 4 is 17.5 Å². The third-order valence-electron chi connectivity index (χ3n) is 3.75. The van der Waals surface area contributed by atoms with Crippen molar-refractivity contribution in [2.45, 2.75) is 39.7 Å². The Morgan fingerprint density at radius 1 is 1.26 bits per heavy atom. The number of ether oxygens (including phenoxy) is 1. The van der Waals surface area contributed by atoms with E-state index >= 15 is 0 Å². The Hall–Kier alpha value is -2.24. The second-order valence-electron chi connectivity index (χ2n) is 6.33. The fraction of sp³-hybridized carbons (Fsp3) is 0.529. The van der Waals surface area contributed by atoms with Crippen LogP contribution in [0.5, 0.6) is 5.75 Å². The molecule has 1 aromatic rings. The lowest BCUT2D eigenvalue weighted by molar-refractivity contribution is -0.127. The number of methoxy groups -OCH3 is 1. The average molecular weight is 321 g/mol. The molecule has 0 unspecified atom stereocenters. The zero-order chi connectivity index (χ0) is 17.5. The highest BCUT2D eigenvalue weighted by molar-refractivity contribution is 5.81. The van der Waals surface area contributed by atoms with Crippen LogP contribution in [0.3, 0.4) is 0 Å². The molecule has 0 aliphatic rings. The van der Waals surface area contributed by atoms with Crippen molar-refractivity contribution in [2.75, 3.05) is 19.0 Å². The maximum absolute atomic E-state index is 11.9. The van der Waals surface area contributed by atoms with E-state index in [9.17, 15) is 9.59 Å². The predicted octanol–water partition coefficient (Wildman–Crippen LogP) is 1.90. The average Bonchev–Trinajstić information content (AvgIpc) is 2.51. The van der Waals surface area contributed by atoms with Crippen LogP contribution < -0.4 is 21.1 Å². The molecule has 1 atom stereocenters. The summed E-state index contributed by atoms with van der Waals surface area (Å²) in [6.45, 7) is 6.03. The van der Waals surface area contributed by atoms with Gasteiger partial charge in [0.05, 0.1) is 7.11 Å². The lowest BCUT2D eigenvalue weighted by Gasteiger charge is -2.21. The first-order valence-electron chi connectivity index (χ1n) is 7.72. The van der Waals surface area contributed by atoms with Crippen molar-refractivity contribution in [1.82, 2.24) is 5.32 Å². The Kier molecular flexibility index (Phi) is 6.88. The van der Waals surface area contributed by atoms with Crippen LogP contribution >= 0.6 is 0 Å². The molecule has 23 heavy (non-hydrogen) atoms. The summed E-state index contributed by atoms with van der Waals surface area (Å²) < 4.78 is 5.10. The Labute approximate surface area is 137 Å². The van der Waals surface area contributed by atoms with Crippen LogP contribution in [0.1, 0.15) is 33.6 Å². The van der Waals surface area contributed by atoms with Gasteiger partial charge < -0.3 is 21.1 Å². The van der Waals surface area contributed by atoms with E-state index in [0.29, 0.717) is 13.0 Å². The third kappa shape index (κ3) is 6.59. The van der Waals surface area contributed by atoms with Gasteiger partial charge in [-0.15, -0.1) is 0 Å². The SMILES string of the molecule is COc1ccc(NC[C@H](C)NC(=O)CCC(C)(C)C(N)=O)cc1. The molecule has 0 bridgehead atoms. The lowest BCUT2D eigenvalue weighted by Crippen LogP contribution is -2.39. The fourth-order valence-electron chi connectivity index (χ4n) is 1.93. The number of nitrogens with one attached hydrogen (secondary N) is 2. The second-order valence-corrected chi connectivity index (χ2v) is 6.33. The Morgan fingerprint density at radius 2 is 1.87 bits per heavy atom. The number of hydrogen-bond donors (Lipinski definition) is 3. The normalized spacial score (nSPS) is 12.3. The van der Waals surface area contributed by atoms with Gasteiger partial charge in [-0.2, -0.15) is 0 Å². The molecule has 0 aliphatic heterocycles. The van der Waals surface area contributed by atoms with Gasteiger partial charge in [0.1, 0.15) is 5.75 Å². The van der Waals surface area contributed by atoms with Gasteiger partial charge in [0.25, 0.3) is 0 Å². The van der Waals surface area contributed by atoms with Gasteiger partial charge in [-0.3, -0.25) is 9.59 Å². The summed E-state index contributed by atoms with van der Waals surface area (Å²) in [5.41, 5.74) is 5.60. The van der Waals surface area contributed by atoms with Crippen LogP contribution in [0.2, 0.25) is 0 Å². The van der Waals surface area contributed by atoms with E-state index < -0.39 is 5.41 Å². The first kappa shape index (κ1) is 18.8. The summed E-state index contributed by atoms with van der Waals surface area (Å²) in [4.78, 5) is 23.1. The summed E-state index contributed by atoms with van der Waals surface area (Å²) in [5.74, 6) is 0.330. The summed E-state index contributed by atoms with van der Waals surface area (Å²) in [6, 6.07) is 7.56. The number of amides is 2. The fourth-order valence-corrected chi connectivity index (χ4v) is 1.93. The van der Waals surface area contributed by atoms with Crippen LogP contribution in [0, 0.1) is 5.41 Å². The molecule has 0 radical (unpaired) electrons. The molecule has 2 amide bonds. The smallest absolute Gasteiger partial charge is 0.223 e. The Bertz CT molecular complexity index is 526. The number of hydrogen-bond acceptors (Lipinski definition) is 4. The molecule has 0 saturated carbocycles. The van der Waals surface area contributed by atoms with Crippen molar-refractivity contribution in [3.8, 4) is 5.75 Å². The van der Waals surface area contributed by atoms with Gasteiger partial charge in [0.15, 0.2) is 0 Å². The Balaban J connectivity index is 2.33. The number of nitrogens with two attached hydrogens (primary N) is 1. The van der Waals surface area contributed by atoms with E-state index in [1.807, 2.05) is 31.2 Å². The number of primary amides is 1. The topological polar surface area (TPSA) is 93.4 Å². The van der Waals surface area contributed by atoms with Gasteiger partial charge in [0.2, 0.25) is 11.8 Å². The maximum Gasteiger partial charge on any atom is 0.223 e. The number of benzene rings is 1. The van der Waals surface area contributed by atoms with E-state index in [-0.39, 0.29) is 24.3 Å². The molecule has 1 rings (SSSR count). The van der Waals surface area contributed by atoms with E-state index in [1.165, 1.54) is 0 Å². The van der Waals surface area contributed by atoms with Crippen molar-refractivity contribution in [3.63, 3.8) is 0 Å². The van der Waals surface area contributed by atoms with Gasteiger partial charge in [-0.05, 0) is 37.6 Å². The molecular formula is C17H27N3O3. The summed E-state index contributed by atoms with van der Waals surface area (Å²) >= 11 is 0. The molecule has 1 aromatic carbocycles. The molecular weight excluding hydrogens is 294 g/mol. The highest BCUT2D eigenvalue weighted by Gasteiger charge is 2.25. The molecule has 0 aromatic heterocycles. The summed E-state index contributed by atoms with van der Waals surface area (Å²) in [7, 11) is 1.62. The molecule has 0 heterocycles. The number of carbonyl (C=O) groups excluding carboxylic acids is 2. The van der Waals surface area contributed by atoms with Crippen molar-refractivity contribution in [2.24, 2.45) is 11.1 Å². The van der Waals surface area contributed by atoms with E-state index in [0.717, 1.165) is 11.4 Å². The number of anilines is 1. The maximum atomic E-state index is 11.9. The highest BCUT2D eigenvalue weighted by Crippen LogP contribution is 2.21. The number of carbonyl (C=O) groups is 2. The molecule has 0 fully saturated rings. The predicted molar refractivity (Wildman–Crippen MR) is 91.3 cm³/mol. The van der Waals surface area contributed by atoms with Crippen LogP contribution in [0.15, 0.2) is 24.3 Å². The van der Waals surface area contributed by atoms with Crippen molar-refractivity contribution in [1.29, 1.82) is 0 Å². The van der Waals surface area contributed by atoms with Crippen LogP contribution in [-0.2, 0) is 9.59 Å². The van der Waals surface area contributed by atoms with E-state index in [4.69, 9.17) is 10.5 Å². The molecule has 128 valence electrons. The lowest BCUT2D eigenvalue weighted by atomic mass is 9.87. The molecule has 0 aliphatic carbocycles. The second kappa shape index (κ2) is 8.41. The number of rotatable bonds is 9. The summed E-state index contributed by atoms with van der Waals surface area (Å²) in [5, 5.41) is 6.15. The quantitative estimate of drug-likeness (QED) is 0.647. The van der Waals surface area contributed by atoms with Gasteiger partial charge in [-0.1, -0.05) is 13.8 Å². The monoisotopic (exact) mass is 321 g/mol.